The molecule has 1 aliphatic rings. The molecule has 1 aliphatic heterocycles. The van der Waals surface area contributed by atoms with Gasteiger partial charge in [0.2, 0.25) is 11.4 Å². The predicted molar refractivity (Wildman–Crippen MR) is 193 cm³/mol. The number of allylic oxidation sites excluding steroid dienone is 2. The molecule has 3 heteroatoms. The quantitative estimate of drug-likeness (QED) is 0.0611. The molecule has 0 radical (unpaired) electrons. The van der Waals surface area contributed by atoms with Crippen LogP contribution in [0.3, 0.4) is 0 Å². The van der Waals surface area contributed by atoms with Crippen LogP contribution in [-0.2, 0) is 29.3 Å². The Kier molecular flexibility index (Phi) is 20.3. The van der Waals surface area contributed by atoms with E-state index in [1.807, 2.05) is 0 Å². The zero-order valence-corrected chi connectivity index (χ0v) is 30.4. The van der Waals surface area contributed by atoms with Crippen molar-refractivity contribution >= 4 is 11.4 Å². The van der Waals surface area contributed by atoms with Gasteiger partial charge in [-0.15, -0.1) is 0 Å². The van der Waals surface area contributed by atoms with Crippen molar-refractivity contribution in [2.75, 3.05) is 0 Å². The normalized spacial score (nSPS) is 13.2. The number of hydrogen-bond donors (Lipinski definition) is 0. The molecule has 0 amide bonds. The molecule has 252 valence electrons. The van der Waals surface area contributed by atoms with Gasteiger partial charge in [-0.2, -0.15) is 0 Å². The van der Waals surface area contributed by atoms with Crippen molar-refractivity contribution in [2.45, 2.75) is 169 Å². The van der Waals surface area contributed by atoms with E-state index in [1.54, 1.807) is 4.70 Å². The van der Waals surface area contributed by atoms with Gasteiger partial charge in [-0.3, -0.25) is 0 Å². The van der Waals surface area contributed by atoms with E-state index < -0.39 is 0 Å². The van der Waals surface area contributed by atoms with E-state index in [4.69, 9.17) is 0 Å². The third-order valence-corrected chi connectivity index (χ3v) is 9.46. The fourth-order valence-electron chi connectivity index (χ4n) is 6.83. The summed E-state index contributed by atoms with van der Waals surface area (Å²) in [5.41, 5.74) is 22.1. The van der Waals surface area contributed by atoms with E-state index in [0.717, 1.165) is 49.9 Å². The second kappa shape index (κ2) is 23.4. The summed E-state index contributed by atoms with van der Waals surface area (Å²) in [7, 11) is 0. The molecule has 0 aromatic heterocycles. The Bertz CT molecular complexity index is 1190. The van der Waals surface area contributed by atoms with Crippen LogP contribution >= 0.6 is 0 Å². The average Bonchev–Trinajstić information content (AvgIpc) is 3.32. The van der Waals surface area contributed by atoms with E-state index in [-0.39, 0.29) is 16.5 Å². The van der Waals surface area contributed by atoms with Crippen LogP contribution < -0.4 is 0 Å². The summed E-state index contributed by atoms with van der Waals surface area (Å²) in [5, 5.41) is 0. The van der Waals surface area contributed by atoms with E-state index in [0.29, 0.717) is 0 Å². The minimum atomic E-state index is 0. The molecule has 0 bridgehead atoms. The number of unbranched alkanes of at least 4 members (excludes halogenated alkanes) is 14. The number of benzene rings is 2. The standard InChI is InChI=1S/C42H64N2.Ni/c1-5-9-13-16-18-20-25-35-27-23-29-37(33-35)41-39(31-12-8-4)40(32-22-15-11-7-3)42(44(41)43)38-30-24-28-36(34-38)26-21-19-17-14-10-6-2;/h23-24,27-30,33-34H,5-22,25-26,31-32H2,1-4H3;. The van der Waals surface area contributed by atoms with E-state index >= 15 is 0 Å². The SMILES string of the molecule is CCCCCCCCc1cccc(C2=C(CCCC)C(CCCCCC)=C(c3cccc(CCCCCCCC)c3)[N+]2=[N-])c1.[Ni]. The smallest absolute Gasteiger partial charge is 0.211 e. The Balaban J connectivity index is 0.00000705. The van der Waals surface area contributed by atoms with Crippen LogP contribution in [-0.4, -0.2) is 4.70 Å². The third-order valence-electron chi connectivity index (χ3n) is 9.46. The van der Waals surface area contributed by atoms with Gasteiger partial charge in [-0.05, 0) is 86.8 Å². The van der Waals surface area contributed by atoms with Gasteiger partial charge in [0.15, 0.2) is 0 Å². The topological polar surface area (TPSA) is 25.3 Å². The largest absolute Gasteiger partial charge is 0.493 e. The molecule has 0 atom stereocenters. The second-order valence-electron chi connectivity index (χ2n) is 13.3. The number of hydrogen-bond acceptors (Lipinski definition) is 0. The summed E-state index contributed by atoms with van der Waals surface area (Å²) in [4.78, 5) is 0. The molecule has 0 saturated heterocycles. The van der Waals surface area contributed by atoms with Gasteiger partial charge in [-0.25, -0.2) is 4.70 Å². The van der Waals surface area contributed by atoms with Gasteiger partial charge in [0.05, 0.1) is 0 Å². The minimum absolute atomic E-state index is 0. The van der Waals surface area contributed by atoms with Gasteiger partial charge in [0.25, 0.3) is 0 Å². The van der Waals surface area contributed by atoms with Crippen molar-refractivity contribution in [3.63, 3.8) is 0 Å². The number of nitrogens with zero attached hydrogens (tertiary/aromatic N) is 2. The number of aryl methyl sites for hydroxylation is 2. The van der Waals surface area contributed by atoms with Crippen LogP contribution in [0.15, 0.2) is 59.7 Å². The van der Waals surface area contributed by atoms with Gasteiger partial charge < -0.3 is 5.53 Å². The molecule has 1 heterocycles. The van der Waals surface area contributed by atoms with Gasteiger partial charge in [-0.1, -0.05) is 142 Å². The van der Waals surface area contributed by atoms with Crippen molar-refractivity contribution in [2.24, 2.45) is 0 Å². The first-order valence-electron chi connectivity index (χ1n) is 18.8. The summed E-state index contributed by atoms with van der Waals surface area (Å²) in [6, 6.07) is 18.2. The zero-order valence-electron chi connectivity index (χ0n) is 29.4. The van der Waals surface area contributed by atoms with Crippen molar-refractivity contribution < 1.29 is 21.2 Å². The van der Waals surface area contributed by atoms with Crippen LogP contribution in [0.25, 0.3) is 16.9 Å². The molecular formula is C42H64N2Ni. The second-order valence-corrected chi connectivity index (χ2v) is 13.3. The first-order valence-corrected chi connectivity index (χ1v) is 18.8. The summed E-state index contributed by atoms with van der Waals surface area (Å²) in [5.74, 6) is 0. The molecule has 45 heavy (non-hydrogen) atoms. The molecule has 0 unspecified atom stereocenters. The van der Waals surface area contributed by atoms with Crippen molar-refractivity contribution in [1.29, 1.82) is 0 Å². The minimum Gasteiger partial charge on any atom is -0.493 e. The van der Waals surface area contributed by atoms with Crippen LogP contribution in [0, 0.1) is 0 Å². The fraction of sp³-hybridized carbons (Fsp3) is 0.619. The molecule has 2 nitrogen and oxygen atoms in total. The summed E-state index contributed by atoms with van der Waals surface area (Å²) >= 11 is 0. The van der Waals surface area contributed by atoms with E-state index in [1.165, 1.54) is 136 Å². The first kappa shape index (κ1) is 39.2. The monoisotopic (exact) mass is 654 g/mol. The maximum Gasteiger partial charge on any atom is 0.211 e. The molecule has 2 aromatic rings. The maximum absolute atomic E-state index is 12.1. The molecule has 0 spiro atoms. The molecule has 0 N–H and O–H groups in total. The Labute approximate surface area is 288 Å². The maximum atomic E-state index is 12.1. The average molecular weight is 656 g/mol. The molecular weight excluding hydrogens is 591 g/mol. The van der Waals surface area contributed by atoms with Gasteiger partial charge >= 0.3 is 0 Å². The molecule has 3 rings (SSSR count). The Morgan fingerprint density at radius 1 is 0.444 bits per heavy atom. The van der Waals surface area contributed by atoms with E-state index in [9.17, 15) is 5.53 Å². The summed E-state index contributed by atoms with van der Waals surface area (Å²) in [6.07, 6.45) is 27.4. The molecule has 2 aromatic carbocycles. The van der Waals surface area contributed by atoms with Crippen molar-refractivity contribution in [3.05, 3.63) is 87.5 Å². The predicted octanol–water partition coefficient (Wildman–Crippen LogP) is 13.8. The van der Waals surface area contributed by atoms with Crippen molar-refractivity contribution in [1.82, 2.24) is 0 Å². The van der Waals surface area contributed by atoms with Gasteiger partial charge in [0, 0.05) is 38.8 Å². The van der Waals surface area contributed by atoms with Crippen LogP contribution in [0.4, 0.5) is 0 Å². The van der Waals surface area contributed by atoms with Crippen LogP contribution in [0.2, 0.25) is 0 Å². The van der Waals surface area contributed by atoms with Crippen LogP contribution in [0.5, 0.6) is 0 Å². The fourth-order valence-corrected chi connectivity index (χ4v) is 6.83. The Morgan fingerprint density at radius 2 is 0.800 bits per heavy atom. The molecule has 0 saturated carbocycles. The Hall–Kier alpha value is -1.99. The molecule has 0 fully saturated rings. The molecule has 0 aliphatic carbocycles. The Morgan fingerprint density at radius 3 is 1.24 bits per heavy atom. The van der Waals surface area contributed by atoms with Gasteiger partial charge in [0.1, 0.15) is 0 Å². The first-order chi connectivity index (χ1) is 21.6. The number of rotatable bonds is 24. The third kappa shape index (κ3) is 13.0. The van der Waals surface area contributed by atoms with Crippen LogP contribution in [0.1, 0.15) is 178 Å². The summed E-state index contributed by atoms with van der Waals surface area (Å²) in [6.45, 7) is 9.14. The van der Waals surface area contributed by atoms with E-state index in [2.05, 4.69) is 76.2 Å². The van der Waals surface area contributed by atoms with Crippen molar-refractivity contribution in [3.8, 4) is 0 Å². The summed E-state index contributed by atoms with van der Waals surface area (Å²) < 4.78 is 1.59. The zero-order chi connectivity index (χ0) is 31.4.